The van der Waals surface area contributed by atoms with E-state index < -0.39 is 24.3 Å². The van der Waals surface area contributed by atoms with E-state index in [1.165, 1.54) is 12.1 Å². The fourth-order valence-corrected chi connectivity index (χ4v) is 1.10. The Bertz CT molecular complexity index is 349. The van der Waals surface area contributed by atoms with Crippen molar-refractivity contribution in [3.63, 3.8) is 0 Å². The molecule has 1 aromatic rings. The Balaban J connectivity index is 2.85. The van der Waals surface area contributed by atoms with Crippen molar-refractivity contribution in [3.05, 3.63) is 35.1 Å². The molecule has 0 saturated heterocycles. The number of benzene rings is 1. The summed E-state index contributed by atoms with van der Waals surface area (Å²) >= 11 is 0. The van der Waals surface area contributed by atoms with E-state index in [1.54, 1.807) is 6.92 Å². The van der Waals surface area contributed by atoms with Crippen molar-refractivity contribution in [2.75, 3.05) is 0 Å². The molecule has 14 heavy (non-hydrogen) atoms. The van der Waals surface area contributed by atoms with Crippen LogP contribution >= 0.6 is 0 Å². The van der Waals surface area contributed by atoms with Crippen molar-refractivity contribution >= 4 is 5.97 Å². The first kappa shape index (κ1) is 10.7. The van der Waals surface area contributed by atoms with Crippen LogP contribution in [0.15, 0.2) is 18.2 Å². The quantitative estimate of drug-likeness (QED) is 0.776. The van der Waals surface area contributed by atoms with Gasteiger partial charge in [0.2, 0.25) is 0 Å². The van der Waals surface area contributed by atoms with Gasteiger partial charge in [0.1, 0.15) is 5.82 Å². The van der Waals surface area contributed by atoms with Gasteiger partial charge in [-0.2, -0.15) is 0 Å². The van der Waals surface area contributed by atoms with Gasteiger partial charge < -0.3 is 10.2 Å². The van der Waals surface area contributed by atoms with Crippen LogP contribution in [0.25, 0.3) is 0 Å². The van der Waals surface area contributed by atoms with Gasteiger partial charge in [-0.15, -0.1) is 0 Å². The largest absolute Gasteiger partial charge is 0.481 e. The maximum Gasteiger partial charge on any atom is 0.306 e. The van der Waals surface area contributed by atoms with Gasteiger partial charge in [-0.3, -0.25) is 4.79 Å². The fourth-order valence-electron chi connectivity index (χ4n) is 1.10. The van der Waals surface area contributed by atoms with Gasteiger partial charge in [0.05, 0.1) is 12.5 Å². The molecule has 0 aliphatic rings. The third-order valence-electron chi connectivity index (χ3n) is 1.95. The summed E-state index contributed by atoms with van der Waals surface area (Å²) in [4.78, 5) is 10.3. The zero-order valence-corrected chi connectivity index (χ0v) is 7.70. The highest BCUT2D eigenvalue weighted by molar-refractivity contribution is 5.67. The maximum absolute atomic E-state index is 13.0. The molecular weight excluding hydrogens is 187 g/mol. The summed E-state index contributed by atoms with van der Waals surface area (Å²) in [6, 6.07) is 4.19. The lowest BCUT2D eigenvalue weighted by molar-refractivity contribution is -0.139. The Morgan fingerprint density at radius 3 is 2.71 bits per heavy atom. The van der Waals surface area contributed by atoms with E-state index >= 15 is 0 Å². The average Bonchev–Trinajstić information content (AvgIpc) is 2.08. The molecule has 1 rings (SSSR count). The van der Waals surface area contributed by atoms with E-state index in [4.69, 9.17) is 5.11 Å². The summed E-state index contributed by atoms with van der Waals surface area (Å²) in [6.45, 7) is 1.60. The van der Waals surface area contributed by atoms with Gasteiger partial charge in [-0.1, -0.05) is 12.1 Å². The number of carboxylic acids is 1. The summed E-state index contributed by atoms with van der Waals surface area (Å²) in [5.74, 6) is -1.55. The van der Waals surface area contributed by atoms with Gasteiger partial charge >= 0.3 is 5.97 Å². The first-order chi connectivity index (χ1) is 6.50. The van der Waals surface area contributed by atoms with E-state index in [2.05, 4.69) is 0 Å². The highest BCUT2D eigenvalue weighted by Crippen LogP contribution is 2.19. The van der Waals surface area contributed by atoms with Gasteiger partial charge in [0, 0.05) is 0 Å². The molecule has 2 N–H and O–H groups in total. The maximum atomic E-state index is 13.0. The monoisotopic (exact) mass is 198 g/mol. The number of aliphatic hydroxyl groups is 1. The lowest BCUT2D eigenvalue weighted by Gasteiger charge is -2.08. The van der Waals surface area contributed by atoms with Crippen LogP contribution in [0.5, 0.6) is 0 Å². The van der Waals surface area contributed by atoms with E-state index in [-0.39, 0.29) is 5.56 Å². The molecule has 3 nitrogen and oxygen atoms in total. The first-order valence-corrected chi connectivity index (χ1v) is 4.16. The molecule has 0 bridgehead atoms. The van der Waals surface area contributed by atoms with Crippen LogP contribution in [0.1, 0.15) is 23.7 Å². The van der Waals surface area contributed by atoms with Crippen molar-refractivity contribution in [3.8, 4) is 0 Å². The van der Waals surface area contributed by atoms with Crippen LogP contribution < -0.4 is 0 Å². The van der Waals surface area contributed by atoms with Gasteiger partial charge in [-0.05, 0) is 24.1 Å². The standard InChI is InChI=1S/C10H11FO3/c1-6-2-3-7(4-8(6)11)9(12)5-10(13)14/h2-4,9,12H,5H2,1H3,(H,13,14). The van der Waals surface area contributed by atoms with Crippen molar-refractivity contribution in [2.24, 2.45) is 0 Å². The molecule has 0 aliphatic heterocycles. The van der Waals surface area contributed by atoms with Crippen molar-refractivity contribution < 1.29 is 19.4 Å². The summed E-state index contributed by atoms with van der Waals surface area (Å²) in [7, 11) is 0. The van der Waals surface area contributed by atoms with Crippen LogP contribution in [0, 0.1) is 12.7 Å². The zero-order valence-electron chi connectivity index (χ0n) is 7.70. The number of aliphatic hydroxyl groups excluding tert-OH is 1. The van der Waals surface area contributed by atoms with Crippen LogP contribution in [0.3, 0.4) is 0 Å². The molecule has 1 atom stereocenters. The normalized spacial score (nSPS) is 12.5. The number of aliphatic carboxylic acids is 1. The smallest absolute Gasteiger partial charge is 0.306 e. The Labute approximate surface area is 80.8 Å². The number of halogens is 1. The van der Waals surface area contributed by atoms with Crippen LogP contribution in [-0.2, 0) is 4.79 Å². The molecule has 76 valence electrons. The molecule has 0 radical (unpaired) electrons. The molecule has 0 heterocycles. The molecule has 4 heteroatoms. The fraction of sp³-hybridized carbons (Fsp3) is 0.300. The molecular formula is C10H11FO3. The van der Waals surface area contributed by atoms with Crippen molar-refractivity contribution in [1.82, 2.24) is 0 Å². The minimum Gasteiger partial charge on any atom is -0.481 e. The predicted molar refractivity (Wildman–Crippen MR) is 48.3 cm³/mol. The molecule has 0 spiro atoms. The van der Waals surface area contributed by atoms with E-state index in [0.717, 1.165) is 6.07 Å². The van der Waals surface area contributed by atoms with E-state index in [9.17, 15) is 14.3 Å². The lowest BCUT2D eigenvalue weighted by Crippen LogP contribution is -2.05. The number of rotatable bonds is 3. The van der Waals surface area contributed by atoms with Gasteiger partial charge in [0.15, 0.2) is 0 Å². The van der Waals surface area contributed by atoms with Crippen molar-refractivity contribution in [1.29, 1.82) is 0 Å². The summed E-state index contributed by atoms with van der Waals surface area (Å²) in [5.41, 5.74) is 0.756. The second kappa shape index (κ2) is 4.19. The SMILES string of the molecule is Cc1ccc(C(O)CC(=O)O)cc1F. The first-order valence-electron chi connectivity index (χ1n) is 4.16. The second-order valence-electron chi connectivity index (χ2n) is 3.12. The highest BCUT2D eigenvalue weighted by Gasteiger charge is 2.12. The van der Waals surface area contributed by atoms with Gasteiger partial charge in [0.25, 0.3) is 0 Å². The molecule has 0 fully saturated rings. The Hall–Kier alpha value is -1.42. The minimum atomic E-state index is -1.15. The Kier molecular flexibility index (Phi) is 3.19. The topological polar surface area (TPSA) is 57.5 Å². The van der Waals surface area contributed by atoms with E-state index in [1.807, 2.05) is 0 Å². The number of aryl methyl sites for hydroxylation is 1. The van der Waals surface area contributed by atoms with Gasteiger partial charge in [-0.25, -0.2) is 4.39 Å². The Morgan fingerprint density at radius 1 is 1.57 bits per heavy atom. The molecule has 1 unspecified atom stereocenters. The minimum absolute atomic E-state index is 0.288. The lowest BCUT2D eigenvalue weighted by atomic mass is 10.0. The van der Waals surface area contributed by atoms with Crippen molar-refractivity contribution in [2.45, 2.75) is 19.4 Å². The van der Waals surface area contributed by atoms with Crippen LogP contribution in [-0.4, -0.2) is 16.2 Å². The summed E-state index contributed by atoms with van der Waals surface area (Å²) in [5, 5.41) is 17.8. The number of hydrogen-bond donors (Lipinski definition) is 2. The average molecular weight is 198 g/mol. The molecule has 1 aromatic carbocycles. The number of hydrogen-bond acceptors (Lipinski definition) is 2. The number of carbonyl (C=O) groups is 1. The Morgan fingerprint density at radius 2 is 2.21 bits per heavy atom. The number of carboxylic acid groups (broad SMARTS) is 1. The molecule has 0 aliphatic carbocycles. The predicted octanol–water partition coefficient (Wildman–Crippen LogP) is 1.64. The summed E-state index contributed by atoms with van der Waals surface area (Å²) in [6.07, 6.45) is -1.56. The second-order valence-corrected chi connectivity index (χ2v) is 3.12. The molecule has 0 amide bonds. The molecule has 0 saturated carbocycles. The van der Waals surface area contributed by atoms with Crippen LogP contribution in [0.4, 0.5) is 4.39 Å². The molecule has 0 aromatic heterocycles. The van der Waals surface area contributed by atoms with Crippen LogP contribution in [0.2, 0.25) is 0 Å². The summed E-state index contributed by atoms with van der Waals surface area (Å²) < 4.78 is 13.0. The zero-order chi connectivity index (χ0) is 10.7. The highest BCUT2D eigenvalue weighted by atomic mass is 19.1. The third-order valence-corrected chi connectivity index (χ3v) is 1.95. The third kappa shape index (κ3) is 2.53. The van der Waals surface area contributed by atoms with E-state index in [0.29, 0.717) is 5.56 Å².